The molecule has 0 aromatic heterocycles. The van der Waals surface area contributed by atoms with Crippen molar-refractivity contribution < 1.29 is 23.1 Å². The standard InChI is InChI=1S/C17H16ClNO5S/c1-24-15-8-4-12(5-9-17(20)21)10-16(15)25(22,23)19-11-13-2-6-14(18)7-3-13/h2-10,19H,11H2,1H3,(H,20,21)/p-1/b9-5+. The number of benzene rings is 2. The van der Waals surface area contributed by atoms with E-state index in [0.29, 0.717) is 10.6 Å². The molecule has 0 aliphatic heterocycles. The zero-order valence-electron chi connectivity index (χ0n) is 13.2. The van der Waals surface area contributed by atoms with Crippen LogP contribution >= 0.6 is 11.6 Å². The van der Waals surface area contributed by atoms with Crippen LogP contribution in [-0.2, 0) is 21.4 Å². The van der Waals surface area contributed by atoms with Crippen LogP contribution in [0.15, 0.2) is 53.4 Å². The number of rotatable bonds is 7. The van der Waals surface area contributed by atoms with E-state index < -0.39 is 16.0 Å². The van der Waals surface area contributed by atoms with E-state index >= 15 is 0 Å². The lowest BCUT2D eigenvalue weighted by atomic mass is 10.2. The molecule has 0 heterocycles. The van der Waals surface area contributed by atoms with Crippen LogP contribution in [0.5, 0.6) is 5.75 Å². The lowest BCUT2D eigenvalue weighted by Crippen LogP contribution is -2.23. The number of carbonyl (C=O) groups excluding carboxylic acids is 1. The second kappa shape index (κ2) is 8.15. The minimum atomic E-state index is -3.88. The Labute approximate surface area is 150 Å². The van der Waals surface area contributed by atoms with Crippen molar-refractivity contribution in [3.63, 3.8) is 0 Å². The van der Waals surface area contributed by atoms with Crippen molar-refractivity contribution in [1.82, 2.24) is 4.72 Å². The number of methoxy groups -OCH3 is 1. The zero-order valence-corrected chi connectivity index (χ0v) is 14.8. The maximum atomic E-state index is 12.6. The number of halogens is 1. The third-order valence-electron chi connectivity index (χ3n) is 3.27. The van der Waals surface area contributed by atoms with Gasteiger partial charge in [-0.3, -0.25) is 0 Å². The topological polar surface area (TPSA) is 95.5 Å². The molecule has 6 nitrogen and oxygen atoms in total. The first-order valence-corrected chi connectivity index (χ1v) is 8.99. The van der Waals surface area contributed by atoms with Crippen molar-refractivity contribution in [3.8, 4) is 5.75 Å². The molecule has 0 unspecified atom stereocenters. The van der Waals surface area contributed by atoms with Gasteiger partial charge in [-0.25, -0.2) is 13.1 Å². The van der Waals surface area contributed by atoms with Gasteiger partial charge in [0.1, 0.15) is 10.6 Å². The highest BCUT2D eigenvalue weighted by Gasteiger charge is 2.19. The van der Waals surface area contributed by atoms with Crippen LogP contribution in [0.3, 0.4) is 0 Å². The summed E-state index contributed by atoms with van der Waals surface area (Å²) < 4.78 is 32.7. The summed E-state index contributed by atoms with van der Waals surface area (Å²) in [5.41, 5.74) is 1.12. The van der Waals surface area contributed by atoms with Gasteiger partial charge >= 0.3 is 0 Å². The van der Waals surface area contributed by atoms with Gasteiger partial charge < -0.3 is 14.6 Å². The molecule has 0 spiro atoms. The largest absolute Gasteiger partial charge is 0.545 e. The van der Waals surface area contributed by atoms with E-state index in [-0.39, 0.29) is 17.2 Å². The fourth-order valence-corrected chi connectivity index (χ4v) is 3.38. The first-order valence-electron chi connectivity index (χ1n) is 7.13. The van der Waals surface area contributed by atoms with E-state index in [9.17, 15) is 18.3 Å². The molecule has 0 aliphatic rings. The summed E-state index contributed by atoms with van der Waals surface area (Å²) in [6.45, 7) is 0.0712. The third kappa shape index (κ3) is 5.32. The molecule has 0 aliphatic carbocycles. The Bertz CT molecular complexity index is 892. The highest BCUT2D eigenvalue weighted by Crippen LogP contribution is 2.25. The summed E-state index contributed by atoms with van der Waals surface area (Å²) in [5.74, 6) is -1.23. The molecule has 0 amide bonds. The molecule has 2 rings (SSSR count). The van der Waals surface area contributed by atoms with Gasteiger partial charge in [-0.2, -0.15) is 0 Å². The van der Waals surface area contributed by atoms with Crippen molar-refractivity contribution >= 4 is 33.7 Å². The molecular weight excluding hydrogens is 366 g/mol. The van der Waals surface area contributed by atoms with Crippen LogP contribution in [0.1, 0.15) is 11.1 Å². The summed E-state index contributed by atoms with van der Waals surface area (Å²) in [6.07, 6.45) is 2.06. The van der Waals surface area contributed by atoms with Gasteiger partial charge in [0.05, 0.1) is 13.1 Å². The van der Waals surface area contributed by atoms with Gasteiger partial charge in [-0.05, 0) is 41.5 Å². The normalized spacial score (nSPS) is 11.6. The van der Waals surface area contributed by atoms with E-state index in [4.69, 9.17) is 16.3 Å². The van der Waals surface area contributed by atoms with E-state index in [1.807, 2.05) is 0 Å². The smallest absolute Gasteiger partial charge is 0.244 e. The Morgan fingerprint density at radius 3 is 2.52 bits per heavy atom. The van der Waals surface area contributed by atoms with Crippen LogP contribution in [0, 0.1) is 0 Å². The second-order valence-electron chi connectivity index (χ2n) is 5.01. The number of nitrogens with one attached hydrogen (secondary N) is 1. The lowest BCUT2D eigenvalue weighted by Gasteiger charge is -2.12. The van der Waals surface area contributed by atoms with Gasteiger partial charge in [-0.15, -0.1) is 0 Å². The first-order chi connectivity index (χ1) is 11.8. The molecule has 0 saturated heterocycles. The molecule has 8 heteroatoms. The predicted molar refractivity (Wildman–Crippen MR) is 92.5 cm³/mol. The number of ether oxygens (including phenoxy) is 1. The fraction of sp³-hybridized carbons (Fsp3) is 0.118. The van der Waals surface area contributed by atoms with Gasteiger partial charge in [0.2, 0.25) is 10.0 Å². The quantitative estimate of drug-likeness (QED) is 0.736. The van der Waals surface area contributed by atoms with E-state index in [1.54, 1.807) is 24.3 Å². The first kappa shape index (κ1) is 19.0. The van der Waals surface area contributed by atoms with Crippen molar-refractivity contribution in [3.05, 3.63) is 64.7 Å². The molecule has 25 heavy (non-hydrogen) atoms. The third-order valence-corrected chi connectivity index (χ3v) is 4.94. The van der Waals surface area contributed by atoms with Gasteiger partial charge in [-0.1, -0.05) is 35.9 Å². The monoisotopic (exact) mass is 380 g/mol. The van der Waals surface area contributed by atoms with Crippen molar-refractivity contribution in [1.29, 1.82) is 0 Å². The van der Waals surface area contributed by atoms with Crippen LogP contribution in [0.2, 0.25) is 5.02 Å². The number of carboxylic acids is 1. The number of carbonyl (C=O) groups is 1. The van der Waals surface area contributed by atoms with E-state index in [2.05, 4.69) is 4.72 Å². The molecule has 1 N–H and O–H groups in total. The maximum absolute atomic E-state index is 12.6. The minimum absolute atomic E-state index is 0.0712. The Hall–Kier alpha value is -2.35. The van der Waals surface area contributed by atoms with Crippen molar-refractivity contribution in [2.24, 2.45) is 0 Å². The van der Waals surface area contributed by atoms with Crippen LogP contribution in [-0.4, -0.2) is 21.5 Å². The average molecular weight is 381 g/mol. The van der Waals surface area contributed by atoms with Gasteiger partial charge in [0, 0.05) is 11.6 Å². The zero-order chi connectivity index (χ0) is 18.4. The Balaban J connectivity index is 2.28. The molecule has 2 aromatic carbocycles. The summed E-state index contributed by atoms with van der Waals surface area (Å²) in [4.78, 5) is 10.4. The van der Waals surface area contributed by atoms with Gasteiger partial charge in [0.15, 0.2) is 0 Å². The molecular formula is C17H15ClNO5S-. The number of hydrogen-bond donors (Lipinski definition) is 1. The number of aliphatic carboxylic acids is 1. The molecule has 0 atom stereocenters. The molecule has 0 fully saturated rings. The van der Waals surface area contributed by atoms with Crippen molar-refractivity contribution in [2.75, 3.05) is 7.11 Å². The average Bonchev–Trinajstić information content (AvgIpc) is 2.59. The van der Waals surface area contributed by atoms with Gasteiger partial charge in [0.25, 0.3) is 0 Å². The summed E-state index contributed by atoms with van der Waals surface area (Å²) >= 11 is 5.80. The highest BCUT2D eigenvalue weighted by atomic mass is 35.5. The molecule has 2 aromatic rings. The minimum Gasteiger partial charge on any atom is -0.545 e. The SMILES string of the molecule is COc1ccc(/C=C/C(=O)[O-])cc1S(=O)(=O)NCc1ccc(Cl)cc1. The van der Waals surface area contributed by atoms with Crippen LogP contribution < -0.4 is 14.6 Å². The van der Waals surface area contributed by atoms with E-state index in [0.717, 1.165) is 11.6 Å². The van der Waals surface area contributed by atoms with E-state index in [1.165, 1.54) is 31.4 Å². The fourth-order valence-electron chi connectivity index (χ4n) is 2.03. The summed E-state index contributed by atoms with van der Waals surface area (Å²) in [5, 5.41) is 11.1. The molecule has 0 saturated carbocycles. The van der Waals surface area contributed by atoms with Crippen LogP contribution in [0.25, 0.3) is 6.08 Å². The lowest BCUT2D eigenvalue weighted by molar-refractivity contribution is -0.297. The van der Waals surface area contributed by atoms with Crippen LogP contribution in [0.4, 0.5) is 0 Å². The maximum Gasteiger partial charge on any atom is 0.244 e. The Morgan fingerprint density at radius 2 is 1.92 bits per heavy atom. The Kier molecular flexibility index (Phi) is 6.19. The predicted octanol–water partition coefficient (Wildman–Crippen LogP) is 1.59. The molecule has 132 valence electrons. The highest BCUT2D eigenvalue weighted by molar-refractivity contribution is 7.89. The summed E-state index contributed by atoms with van der Waals surface area (Å²) in [7, 11) is -2.53. The number of sulfonamides is 1. The van der Waals surface area contributed by atoms with Crippen molar-refractivity contribution in [2.45, 2.75) is 11.4 Å². The molecule has 0 radical (unpaired) electrons. The number of hydrogen-bond acceptors (Lipinski definition) is 5. The summed E-state index contributed by atoms with van der Waals surface area (Å²) in [6, 6.07) is 11.1. The molecule has 0 bridgehead atoms. The number of carboxylic acid groups (broad SMARTS) is 1. The Morgan fingerprint density at radius 1 is 1.24 bits per heavy atom. The second-order valence-corrected chi connectivity index (χ2v) is 7.19.